The molecule has 5 aromatic carbocycles. The first-order valence-electron chi connectivity index (χ1n) is 19.5. The Labute approximate surface area is 319 Å². The van der Waals surface area contributed by atoms with Gasteiger partial charge < -0.3 is 15.5 Å². The molecule has 0 heterocycles. The first kappa shape index (κ1) is 36.9. The molecule has 2 N–H and O–H groups in total. The molecule has 0 aliphatic heterocycles. The van der Waals surface area contributed by atoms with Crippen molar-refractivity contribution in [1.29, 1.82) is 5.26 Å². The molecule has 54 heavy (non-hydrogen) atoms. The number of benzene rings is 5. The maximum absolute atomic E-state index is 13.1. The van der Waals surface area contributed by atoms with E-state index in [2.05, 4.69) is 134 Å². The third kappa shape index (κ3) is 6.75. The van der Waals surface area contributed by atoms with E-state index >= 15 is 0 Å². The van der Waals surface area contributed by atoms with E-state index in [1.54, 1.807) is 0 Å². The predicted molar refractivity (Wildman–Crippen MR) is 221 cm³/mol. The highest BCUT2D eigenvalue weighted by Crippen LogP contribution is 2.50. The maximum Gasteiger partial charge on any atom is 0.228 e. The Bertz CT molecular complexity index is 2150. The smallest absolute Gasteiger partial charge is 0.228 e. The normalized spacial score (nSPS) is 25.4. The molecule has 6 nitrogen and oxygen atoms in total. The SMILES string of the molecule is [C-]#[N+]C1C(C)CC(c2cccc3cccc(-c4ccc(-c5cccc6cccc(C7CC(C)C(C#N)C(C)C7)c56)c(NC(C)=O)c4NC(C)=O)c23)CC1C. The standard InChI is InChI=1S/C48H50N4O2/c1-27-22-35(23-28(2)43(27)26-49)37-16-8-12-33-14-10-18-39(44(33)37)41-20-21-42(48(52-32(6)54)47(41)51-31(5)53)40-19-11-15-34-13-9-17-38(45(34)40)36-24-29(3)46(50-7)30(4)25-36/h8-21,27-30,35-36,43,46H,22-25H2,1-6H3,(H,51,53)(H,52,54). The summed E-state index contributed by atoms with van der Waals surface area (Å²) < 4.78 is 0. The van der Waals surface area contributed by atoms with E-state index in [4.69, 9.17) is 6.57 Å². The van der Waals surface area contributed by atoms with Crippen LogP contribution in [-0.2, 0) is 9.59 Å². The number of nitriles is 1. The quantitative estimate of drug-likeness (QED) is 0.172. The van der Waals surface area contributed by atoms with E-state index in [0.717, 1.165) is 69.5 Å². The third-order valence-electron chi connectivity index (χ3n) is 12.5. The van der Waals surface area contributed by atoms with Gasteiger partial charge in [-0.2, -0.15) is 5.26 Å². The second kappa shape index (κ2) is 15.1. The third-order valence-corrected chi connectivity index (χ3v) is 12.5. The monoisotopic (exact) mass is 714 g/mol. The van der Waals surface area contributed by atoms with Crippen molar-refractivity contribution < 1.29 is 9.59 Å². The fourth-order valence-corrected chi connectivity index (χ4v) is 10.2. The summed E-state index contributed by atoms with van der Waals surface area (Å²) >= 11 is 0. The Morgan fingerprint density at radius 2 is 1.00 bits per heavy atom. The summed E-state index contributed by atoms with van der Waals surface area (Å²) in [6.45, 7) is 19.7. The Hall–Kier alpha value is -5.46. The van der Waals surface area contributed by atoms with Crippen molar-refractivity contribution >= 4 is 44.7 Å². The van der Waals surface area contributed by atoms with Crippen molar-refractivity contribution in [2.24, 2.45) is 29.6 Å². The fourth-order valence-electron chi connectivity index (χ4n) is 10.2. The minimum atomic E-state index is -0.226. The molecule has 0 radical (unpaired) electrons. The van der Waals surface area contributed by atoms with E-state index < -0.39 is 0 Å². The second-order valence-corrected chi connectivity index (χ2v) is 16.3. The lowest BCUT2D eigenvalue weighted by Gasteiger charge is -2.36. The van der Waals surface area contributed by atoms with Gasteiger partial charge in [0.05, 0.1) is 23.4 Å². The molecule has 2 fully saturated rings. The summed E-state index contributed by atoms with van der Waals surface area (Å²) in [7, 11) is 0. The molecule has 2 aliphatic carbocycles. The minimum Gasteiger partial charge on any atom is -0.324 e. The number of rotatable bonds is 6. The van der Waals surface area contributed by atoms with Crippen LogP contribution in [0.25, 0.3) is 48.6 Å². The highest BCUT2D eigenvalue weighted by molar-refractivity contribution is 6.13. The zero-order valence-corrected chi connectivity index (χ0v) is 32.2. The average molecular weight is 715 g/mol. The molecule has 274 valence electrons. The van der Waals surface area contributed by atoms with Gasteiger partial charge in [-0.3, -0.25) is 9.59 Å². The van der Waals surface area contributed by atoms with Crippen molar-refractivity contribution in [2.45, 2.75) is 85.1 Å². The van der Waals surface area contributed by atoms with Crippen LogP contribution >= 0.6 is 0 Å². The first-order valence-corrected chi connectivity index (χ1v) is 19.5. The summed E-state index contributed by atoms with van der Waals surface area (Å²) in [6, 6.07) is 32.5. The molecule has 4 atom stereocenters. The van der Waals surface area contributed by atoms with Gasteiger partial charge in [0.1, 0.15) is 0 Å². The lowest BCUT2D eigenvalue weighted by atomic mass is 9.67. The van der Waals surface area contributed by atoms with Gasteiger partial charge in [-0.1, -0.05) is 113 Å². The van der Waals surface area contributed by atoms with Gasteiger partial charge in [0.25, 0.3) is 0 Å². The summed E-state index contributed by atoms with van der Waals surface area (Å²) in [5.74, 6) is 1.32. The van der Waals surface area contributed by atoms with Crippen LogP contribution in [0.3, 0.4) is 0 Å². The van der Waals surface area contributed by atoms with E-state index in [9.17, 15) is 14.9 Å². The number of hydrogen-bond acceptors (Lipinski definition) is 3. The predicted octanol–water partition coefficient (Wildman–Crippen LogP) is 12.0. The summed E-state index contributed by atoms with van der Waals surface area (Å²) in [5.41, 5.74) is 7.32. The van der Waals surface area contributed by atoms with Crippen molar-refractivity contribution in [3.63, 3.8) is 0 Å². The van der Waals surface area contributed by atoms with Crippen LogP contribution in [0, 0.1) is 47.5 Å². The zero-order chi connectivity index (χ0) is 38.3. The highest BCUT2D eigenvalue weighted by Gasteiger charge is 2.39. The van der Waals surface area contributed by atoms with E-state index in [0.29, 0.717) is 17.3 Å². The number of amides is 2. The van der Waals surface area contributed by atoms with Gasteiger partial charge in [-0.15, -0.1) is 0 Å². The molecule has 2 aliphatic rings. The molecule has 2 amide bonds. The molecule has 4 unspecified atom stereocenters. The van der Waals surface area contributed by atoms with Crippen molar-refractivity contribution in [3.8, 4) is 28.3 Å². The Balaban J connectivity index is 1.45. The molecule has 0 aromatic heterocycles. The number of carbonyl (C=O) groups is 2. The van der Waals surface area contributed by atoms with Gasteiger partial charge >= 0.3 is 0 Å². The molecule has 6 heteroatoms. The number of nitrogens with zero attached hydrogens (tertiary/aromatic N) is 2. The molecule has 0 saturated heterocycles. The van der Waals surface area contributed by atoms with E-state index in [-0.39, 0.29) is 53.4 Å². The average Bonchev–Trinajstić information content (AvgIpc) is 3.14. The van der Waals surface area contributed by atoms with Crippen LogP contribution in [0.5, 0.6) is 0 Å². The Morgan fingerprint density at radius 3 is 1.37 bits per heavy atom. The van der Waals surface area contributed by atoms with Crippen molar-refractivity contribution in [3.05, 3.63) is 107 Å². The molecule has 7 rings (SSSR count). The summed E-state index contributed by atoms with van der Waals surface area (Å²) in [5, 5.41) is 20.8. The van der Waals surface area contributed by atoms with Crippen LogP contribution in [0.1, 0.15) is 90.2 Å². The van der Waals surface area contributed by atoms with Gasteiger partial charge in [0.15, 0.2) is 0 Å². The topological polar surface area (TPSA) is 86.3 Å². The Kier molecular flexibility index (Phi) is 10.3. The number of anilines is 2. The first-order chi connectivity index (χ1) is 26.0. The van der Waals surface area contributed by atoms with Gasteiger partial charge in [-0.25, -0.2) is 6.57 Å². The molecular weight excluding hydrogens is 665 g/mol. The maximum atomic E-state index is 13.1. The lowest BCUT2D eigenvalue weighted by molar-refractivity contribution is -0.115. The summed E-state index contributed by atoms with van der Waals surface area (Å²) in [6.07, 6.45) is 3.76. The number of nitrogens with one attached hydrogen (secondary N) is 2. The number of hydrogen-bond donors (Lipinski definition) is 2. The second-order valence-electron chi connectivity index (χ2n) is 16.3. The zero-order valence-electron chi connectivity index (χ0n) is 32.2. The van der Waals surface area contributed by atoms with Crippen LogP contribution in [0.4, 0.5) is 11.4 Å². The van der Waals surface area contributed by atoms with E-state index in [1.807, 2.05) is 0 Å². The molecule has 5 aromatic rings. The largest absolute Gasteiger partial charge is 0.324 e. The number of carbonyl (C=O) groups excluding carboxylic acids is 2. The van der Waals surface area contributed by atoms with E-state index in [1.165, 1.54) is 25.0 Å². The molecule has 2 saturated carbocycles. The molecular formula is C48H50N4O2. The number of fused-ring (bicyclic) bond motifs is 2. The highest BCUT2D eigenvalue weighted by atomic mass is 16.2. The fraction of sp³-hybridized carbons (Fsp3) is 0.375. The van der Waals surface area contributed by atoms with Gasteiger partial charge in [-0.05, 0) is 93.2 Å². The van der Waals surface area contributed by atoms with Crippen LogP contribution < -0.4 is 10.6 Å². The summed E-state index contributed by atoms with van der Waals surface area (Å²) in [4.78, 5) is 30.2. The van der Waals surface area contributed by atoms with Gasteiger partial charge in [0.2, 0.25) is 17.9 Å². The van der Waals surface area contributed by atoms with Gasteiger partial charge in [0, 0.05) is 36.8 Å². The van der Waals surface area contributed by atoms with Crippen molar-refractivity contribution in [1.82, 2.24) is 0 Å². The Morgan fingerprint density at radius 1 is 0.611 bits per heavy atom. The minimum absolute atomic E-state index is 0.0313. The molecule has 0 spiro atoms. The van der Waals surface area contributed by atoms with Crippen LogP contribution in [-0.4, -0.2) is 17.9 Å². The van der Waals surface area contributed by atoms with Crippen LogP contribution in [0.2, 0.25) is 0 Å². The molecule has 0 bridgehead atoms. The lowest BCUT2D eigenvalue weighted by Crippen LogP contribution is -2.31. The van der Waals surface area contributed by atoms with Crippen LogP contribution in [0.15, 0.2) is 84.9 Å². The van der Waals surface area contributed by atoms with Crippen molar-refractivity contribution in [2.75, 3.05) is 10.6 Å².